The van der Waals surface area contributed by atoms with Crippen molar-refractivity contribution in [2.24, 2.45) is 0 Å². The van der Waals surface area contributed by atoms with Gasteiger partial charge >= 0.3 is 0 Å². The molecule has 1 atom stereocenters. The Kier molecular flexibility index (Phi) is 4.50. The van der Waals surface area contributed by atoms with E-state index in [2.05, 4.69) is 25.2 Å². The molecule has 1 N–H and O–H groups in total. The van der Waals surface area contributed by atoms with Gasteiger partial charge in [0.25, 0.3) is 0 Å². The minimum atomic E-state index is -0.464. The topological polar surface area (TPSA) is 85.8 Å². The highest BCUT2D eigenvalue weighted by Crippen LogP contribution is 2.42. The van der Waals surface area contributed by atoms with Gasteiger partial charge in [0.05, 0.1) is 0 Å². The quantitative estimate of drug-likeness (QED) is 0.667. The summed E-state index contributed by atoms with van der Waals surface area (Å²) in [6.07, 6.45) is 2.26. The number of aryl methyl sites for hydroxylation is 2. The minimum Gasteiger partial charge on any atom is -0.360 e. The molecular weight excluding hydrogens is 350 g/mol. The van der Waals surface area contributed by atoms with Crippen LogP contribution in [0.15, 0.2) is 46.1 Å². The Morgan fingerprint density at radius 1 is 1.27 bits per heavy atom. The number of aromatic nitrogens is 4. The molecule has 0 bridgehead atoms. The van der Waals surface area contributed by atoms with Crippen LogP contribution in [0.2, 0.25) is 0 Å². The van der Waals surface area contributed by atoms with Gasteiger partial charge in [0, 0.05) is 12.1 Å². The summed E-state index contributed by atoms with van der Waals surface area (Å²) in [5.41, 5.74) is 0.901. The van der Waals surface area contributed by atoms with Gasteiger partial charge in [0.1, 0.15) is 16.8 Å². The number of benzene rings is 1. The minimum absolute atomic E-state index is 0.169. The molecule has 8 heteroatoms. The molecule has 134 valence electrons. The van der Waals surface area contributed by atoms with Gasteiger partial charge < -0.3 is 14.4 Å². The van der Waals surface area contributed by atoms with Crippen LogP contribution in [0.1, 0.15) is 41.3 Å². The molecule has 2 heterocycles. The summed E-state index contributed by atoms with van der Waals surface area (Å²) < 4.78 is 7.17. The van der Waals surface area contributed by atoms with Gasteiger partial charge in [-0.25, -0.2) is 0 Å². The summed E-state index contributed by atoms with van der Waals surface area (Å²) in [4.78, 5) is 13.0. The van der Waals surface area contributed by atoms with Crippen LogP contribution >= 0.6 is 11.8 Å². The maximum absolute atomic E-state index is 13.0. The van der Waals surface area contributed by atoms with Crippen molar-refractivity contribution in [2.45, 2.75) is 43.1 Å². The van der Waals surface area contributed by atoms with Crippen molar-refractivity contribution in [3.63, 3.8) is 0 Å². The highest BCUT2D eigenvalue weighted by atomic mass is 32.2. The van der Waals surface area contributed by atoms with E-state index in [0.717, 1.165) is 29.4 Å². The monoisotopic (exact) mass is 369 g/mol. The number of anilines is 1. The number of amides is 1. The highest BCUT2D eigenvalue weighted by Gasteiger charge is 2.31. The van der Waals surface area contributed by atoms with Gasteiger partial charge in [0.2, 0.25) is 5.91 Å². The number of hydrogen-bond donors (Lipinski definition) is 1. The summed E-state index contributed by atoms with van der Waals surface area (Å²) in [7, 11) is 0. The van der Waals surface area contributed by atoms with E-state index in [1.165, 1.54) is 11.8 Å². The van der Waals surface area contributed by atoms with E-state index in [9.17, 15) is 4.79 Å². The molecular formula is C18H19N5O2S. The molecule has 4 rings (SSSR count). The molecule has 0 saturated heterocycles. The molecule has 0 radical (unpaired) electrons. The number of hydrogen-bond acceptors (Lipinski definition) is 6. The van der Waals surface area contributed by atoms with Crippen LogP contribution in [0.4, 0.5) is 5.82 Å². The lowest BCUT2D eigenvalue weighted by atomic mass is 10.1. The van der Waals surface area contributed by atoms with Crippen molar-refractivity contribution in [1.82, 2.24) is 19.9 Å². The molecule has 1 aliphatic carbocycles. The zero-order chi connectivity index (χ0) is 18.1. The fraction of sp³-hybridized carbons (Fsp3) is 0.333. The van der Waals surface area contributed by atoms with Crippen molar-refractivity contribution in [3.8, 4) is 0 Å². The van der Waals surface area contributed by atoms with E-state index in [4.69, 9.17) is 4.52 Å². The molecule has 0 unspecified atom stereocenters. The molecule has 1 aliphatic rings. The Hall–Kier alpha value is -2.61. The third kappa shape index (κ3) is 3.50. The van der Waals surface area contributed by atoms with Gasteiger partial charge in [-0.2, -0.15) is 0 Å². The largest absolute Gasteiger partial charge is 0.360 e. The summed E-state index contributed by atoms with van der Waals surface area (Å²) in [6.45, 7) is 3.73. The molecule has 1 aromatic carbocycles. The zero-order valence-electron chi connectivity index (χ0n) is 14.5. The molecule has 3 aromatic rings. The first-order chi connectivity index (χ1) is 12.6. The summed E-state index contributed by atoms with van der Waals surface area (Å²) in [6, 6.07) is 11.8. The number of thioether (sulfide) groups is 1. The van der Waals surface area contributed by atoms with Crippen molar-refractivity contribution in [2.75, 3.05) is 5.32 Å². The fourth-order valence-corrected chi connectivity index (χ4v) is 3.96. The highest BCUT2D eigenvalue weighted by molar-refractivity contribution is 8.00. The molecule has 1 fully saturated rings. The number of nitrogens with one attached hydrogen (secondary N) is 1. The SMILES string of the molecule is Cc1cc(NC(=O)[C@@H](Sc2nnc(C)n2C2CC2)c2ccccc2)no1. The van der Waals surface area contributed by atoms with Crippen molar-refractivity contribution < 1.29 is 9.32 Å². The van der Waals surface area contributed by atoms with E-state index < -0.39 is 5.25 Å². The van der Waals surface area contributed by atoms with E-state index in [1.807, 2.05) is 37.3 Å². The van der Waals surface area contributed by atoms with Crippen molar-refractivity contribution in [1.29, 1.82) is 0 Å². The Morgan fingerprint density at radius 2 is 2.04 bits per heavy atom. The second-order valence-electron chi connectivity index (χ2n) is 6.35. The van der Waals surface area contributed by atoms with Crippen LogP contribution in [0, 0.1) is 13.8 Å². The normalized spacial score (nSPS) is 15.0. The van der Waals surface area contributed by atoms with E-state index in [0.29, 0.717) is 17.6 Å². The Labute approximate surface area is 155 Å². The average Bonchev–Trinajstić information content (AvgIpc) is 3.29. The van der Waals surface area contributed by atoms with Gasteiger partial charge in [-0.15, -0.1) is 10.2 Å². The van der Waals surface area contributed by atoms with E-state index in [-0.39, 0.29) is 5.91 Å². The third-order valence-electron chi connectivity index (χ3n) is 4.19. The van der Waals surface area contributed by atoms with Crippen molar-refractivity contribution in [3.05, 3.63) is 53.5 Å². The number of rotatable bonds is 6. The van der Waals surface area contributed by atoms with Crippen LogP contribution in [0.3, 0.4) is 0 Å². The first-order valence-electron chi connectivity index (χ1n) is 8.49. The fourth-order valence-electron chi connectivity index (χ4n) is 2.81. The Bertz CT molecular complexity index is 917. The summed E-state index contributed by atoms with van der Waals surface area (Å²) >= 11 is 1.41. The predicted octanol–water partition coefficient (Wildman–Crippen LogP) is 3.69. The lowest BCUT2D eigenvalue weighted by molar-refractivity contribution is -0.115. The van der Waals surface area contributed by atoms with Crippen LogP contribution in [0.25, 0.3) is 0 Å². The maximum Gasteiger partial charge on any atom is 0.243 e. The average molecular weight is 369 g/mol. The zero-order valence-corrected chi connectivity index (χ0v) is 15.4. The second kappa shape index (κ2) is 6.95. The standard InChI is InChI=1S/C18H19N5O2S/c1-11-10-15(22-25-11)19-17(24)16(13-6-4-3-5-7-13)26-18-21-20-12(2)23(18)14-8-9-14/h3-7,10,14,16H,8-9H2,1-2H3,(H,19,22,24)/t16-/m0/s1. The summed E-state index contributed by atoms with van der Waals surface area (Å²) in [5, 5.41) is 15.5. The smallest absolute Gasteiger partial charge is 0.243 e. The van der Waals surface area contributed by atoms with Crippen LogP contribution in [-0.4, -0.2) is 25.8 Å². The first kappa shape index (κ1) is 16.8. The molecule has 0 spiro atoms. The van der Waals surface area contributed by atoms with Crippen molar-refractivity contribution >= 4 is 23.5 Å². The number of carbonyl (C=O) groups is 1. The molecule has 2 aromatic heterocycles. The van der Waals surface area contributed by atoms with Crippen LogP contribution < -0.4 is 5.32 Å². The van der Waals surface area contributed by atoms with Gasteiger partial charge in [-0.1, -0.05) is 47.3 Å². The van der Waals surface area contributed by atoms with E-state index >= 15 is 0 Å². The molecule has 26 heavy (non-hydrogen) atoms. The second-order valence-corrected chi connectivity index (χ2v) is 7.42. The van der Waals surface area contributed by atoms with Gasteiger partial charge in [-0.05, 0) is 32.3 Å². The third-order valence-corrected chi connectivity index (χ3v) is 5.40. The summed E-state index contributed by atoms with van der Waals surface area (Å²) in [5.74, 6) is 1.77. The molecule has 0 aliphatic heterocycles. The Balaban J connectivity index is 1.62. The first-order valence-corrected chi connectivity index (χ1v) is 9.37. The van der Waals surface area contributed by atoms with Crippen LogP contribution in [-0.2, 0) is 4.79 Å². The Morgan fingerprint density at radius 3 is 2.69 bits per heavy atom. The number of carbonyl (C=O) groups excluding carboxylic acids is 1. The maximum atomic E-state index is 13.0. The van der Waals surface area contributed by atoms with Crippen LogP contribution in [0.5, 0.6) is 0 Å². The lowest BCUT2D eigenvalue weighted by Crippen LogP contribution is -2.19. The van der Waals surface area contributed by atoms with Gasteiger partial charge in [0.15, 0.2) is 11.0 Å². The lowest BCUT2D eigenvalue weighted by Gasteiger charge is -2.16. The predicted molar refractivity (Wildman–Crippen MR) is 97.9 cm³/mol. The molecule has 7 nitrogen and oxygen atoms in total. The van der Waals surface area contributed by atoms with E-state index in [1.54, 1.807) is 13.0 Å². The van der Waals surface area contributed by atoms with Gasteiger partial charge in [-0.3, -0.25) is 4.79 Å². The number of nitrogens with zero attached hydrogens (tertiary/aromatic N) is 4. The molecule has 1 amide bonds. The molecule has 1 saturated carbocycles.